The van der Waals surface area contributed by atoms with Gasteiger partial charge in [-0.1, -0.05) is 32.3 Å². The van der Waals surface area contributed by atoms with Gasteiger partial charge in [-0.2, -0.15) is 0 Å². The van der Waals surface area contributed by atoms with E-state index in [1.165, 1.54) is 19.3 Å². The molecule has 15 heavy (non-hydrogen) atoms. The number of ketones is 1. The van der Waals surface area contributed by atoms with Crippen LogP contribution in [0.2, 0.25) is 0 Å². The normalized spacial score (nSPS) is 19.8. The fraction of sp³-hybridized carbons (Fsp3) is 0.538. The molecule has 1 saturated carbocycles. The number of rotatable bonds is 2. The summed E-state index contributed by atoms with van der Waals surface area (Å²) in [6, 6.07) is 5.55. The van der Waals surface area contributed by atoms with Crippen molar-refractivity contribution in [1.82, 2.24) is 4.98 Å². The largest absolute Gasteiger partial charge is 0.292 e. The summed E-state index contributed by atoms with van der Waals surface area (Å²) < 4.78 is 0. The van der Waals surface area contributed by atoms with Crippen LogP contribution in [0.4, 0.5) is 0 Å². The molecule has 1 aromatic rings. The Morgan fingerprint density at radius 2 is 2.00 bits per heavy atom. The van der Waals surface area contributed by atoms with Crippen LogP contribution >= 0.6 is 0 Å². The predicted octanol–water partition coefficient (Wildman–Crippen LogP) is 3.23. The van der Waals surface area contributed by atoms with Gasteiger partial charge in [-0.05, 0) is 25.0 Å². The van der Waals surface area contributed by atoms with E-state index in [9.17, 15) is 4.79 Å². The van der Waals surface area contributed by atoms with Gasteiger partial charge in [0.1, 0.15) is 5.69 Å². The first-order valence-corrected chi connectivity index (χ1v) is 5.68. The standard InChI is InChI=1S/C13H17NO/c1-13(8-4-2-5-9-13)12(15)11-7-3-6-10-14-11/h3,6-7,10H,2,4-5,8-9H2,1H3. The highest BCUT2D eigenvalue weighted by Gasteiger charge is 2.35. The molecule has 1 aromatic heterocycles. The van der Waals surface area contributed by atoms with Crippen LogP contribution in [0.1, 0.15) is 49.5 Å². The second kappa shape index (κ2) is 4.13. The summed E-state index contributed by atoms with van der Waals surface area (Å²) in [4.78, 5) is 16.4. The van der Waals surface area contributed by atoms with E-state index in [-0.39, 0.29) is 11.2 Å². The number of hydrogen-bond acceptors (Lipinski definition) is 2. The van der Waals surface area contributed by atoms with Gasteiger partial charge >= 0.3 is 0 Å². The summed E-state index contributed by atoms with van der Waals surface area (Å²) in [5.41, 5.74) is 0.467. The van der Waals surface area contributed by atoms with Crippen LogP contribution in [-0.4, -0.2) is 10.8 Å². The van der Waals surface area contributed by atoms with E-state index in [1.807, 2.05) is 18.2 Å². The first kappa shape index (κ1) is 10.3. The van der Waals surface area contributed by atoms with E-state index < -0.39 is 0 Å². The average Bonchev–Trinajstić information content (AvgIpc) is 2.30. The summed E-state index contributed by atoms with van der Waals surface area (Å²) >= 11 is 0. The molecule has 0 radical (unpaired) electrons. The van der Waals surface area contributed by atoms with Crippen molar-refractivity contribution in [2.75, 3.05) is 0 Å². The van der Waals surface area contributed by atoms with Crippen molar-refractivity contribution < 1.29 is 4.79 Å². The molecule has 2 heteroatoms. The van der Waals surface area contributed by atoms with E-state index in [0.29, 0.717) is 5.69 Å². The second-order valence-electron chi connectivity index (χ2n) is 4.67. The number of pyridine rings is 1. The minimum Gasteiger partial charge on any atom is -0.292 e. The topological polar surface area (TPSA) is 30.0 Å². The molecule has 0 saturated heterocycles. The van der Waals surface area contributed by atoms with Gasteiger partial charge < -0.3 is 0 Å². The third-order valence-corrected chi connectivity index (χ3v) is 3.40. The van der Waals surface area contributed by atoms with Crippen molar-refractivity contribution in [1.29, 1.82) is 0 Å². The Bertz CT molecular complexity index is 339. The number of carbonyl (C=O) groups is 1. The molecule has 1 aliphatic carbocycles. The molecule has 1 aliphatic rings. The molecule has 0 aromatic carbocycles. The smallest absolute Gasteiger partial charge is 0.187 e. The van der Waals surface area contributed by atoms with Crippen LogP contribution in [-0.2, 0) is 0 Å². The lowest BCUT2D eigenvalue weighted by Crippen LogP contribution is -2.30. The summed E-state index contributed by atoms with van der Waals surface area (Å²) in [5, 5.41) is 0. The highest BCUT2D eigenvalue weighted by Crippen LogP contribution is 2.38. The second-order valence-corrected chi connectivity index (χ2v) is 4.67. The molecule has 2 nitrogen and oxygen atoms in total. The maximum atomic E-state index is 12.3. The zero-order chi connectivity index (χ0) is 10.7. The van der Waals surface area contributed by atoms with E-state index in [1.54, 1.807) is 6.20 Å². The van der Waals surface area contributed by atoms with Crippen LogP contribution in [0.5, 0.6) is 0 Å². The van der Waals surface area contributed by atoms with E-state index in [4.69, 9.17) is 0 Å². The third kappa shape index (κ3) is 2.09. The van der Waals surface area contributed by atoms with Gasteiger partial charge in [0.05, 0.1) is 0 Å². The van der Waals surface area contributed by atoms with Crippen molar-refractivity contribution in [3.63, 3.8) is 0 Å². The first-order chi connectivity index (χ1) is 7.22. The van der Waals surface area contributed by atoms with Gasteiger partial charge in [0.2, 0.25) is 0 Å². The van der Waals surface area contributed by atoms with Crippen molar-refractivity contribution in [3.8, 4) is 0 Å². The summed E-state index contributed by atoms with van der Waals surface area (Å²) in [7, 11) is 0. The maximum Gasteiger partial charge on any atom is 0.187 e. The van der Waals surface area contributed by atoms with Crippen LogP contribution < -0.4 is 0 Å². The maximum absolute atomic E-state index is 12.3. The summed E-state index contributed by atoms with van der Waals surface area (Å²) in [5.74, 6) is 0.225. The number of aromatic nitrogens is 1. The minimum absolute atomic E-state index is 0.160. The number of nitrogens with zero attached hydrogens (tertiary/aromatic N) is 1. The Labute approximate surface area is 90.7 Å². The summed E-state index contributed by atoms with van der Waals surface area (Å²) in [6.45, 7) is 2.09. The van der Waals surface area contributed by atoms with Gasteiger partial charge in [0.15, 0.2) is 5.78 Å². The fourth-order valence-electron chi connectivity index (χ4n) is 2.37. The van der Waals surface area contributed by atoms with Gasteiger partial charge in [0.25, 0.3) is 0 Å². The number of carbonyl (C=O) groups excluding carboxylic acids is 1. The van der Waals surface area contributed by atoms with Crippen molar-refractivity contribution in [2.45, 2.75) is 39.0 Å². The Hall–Kier alpha value is -1.18. The zero-order valence-corrected chi connectivity index (χ0v) is 9.20. The third-order valence-electron chi connectivity index (χ3n) is 3.40. The lowest BCUT2D eigenvalue weighted by molar-refractivity contribution is 0.0744. The highest BCUT2D eigenvalue weighted by atomic mass is 16.1. The lowest BCUT2D eigenvalue weighted by Gasteiger charge is -2.31. The molecular formula is C13H17NO. The Kier molecular flexibility index (Phi) is 2.85. The van der Waals surface area contributed by atoms with Crippen LogP contribution in [0.25, 0.3) is 0 Å². The lowest BCUT2D eigenvalue weighted by atomic mass is 9.72. The van der Waals surface area contributed by atoms with E-state index >= 15 is 0 Å². The molecule has 0 N–H and O–H groups in total. The van der Waals surface area contributed by atoms with Crippen molar-refractivity contribution in [3.05, 3.63) is 30.1 Å². The zero-order valence-electron chi connectivity index (χ0n) is 9.20. The van der Waals surface area contributed by atoms with E-state index in [2.05, 4.69) is 11.9 Å². The Morgan fingerprint density at radius 1 is 1.27 bits per heavy atom. The monoisotopic (exact) mass is 203 g/mol. The molecule has 80 valence electrons. The van der Waals surface area contributed by atoms with Crippen LogP contribution in [0.3, 0.4) is 0 Å². The molecular weight excluding hydrogens is 186 g/mol. The molecule has 1 heterocycles. The molecule has 0 spiro atoms. The van der Waals surface area contributed by atoms with Gasteiger partial charge in [-0.3, -0.25) is 9.78 Å². The average molecular weight is 203 g/mol. The molecule has 0 aliphatic heterocycles. The Morgan fingerprint density at radius 3 is 2.60 bits per heavy atom. The number of Topliss-reactive ketones (excluding diaryl/α,β-unsaturated/α-hetero) is 1. The van der Waals surface area contributed by atoms with Crippen LogP contribution in [0.15, 0.2) is 24.4 Å². The van der Waals surface area contributed by atoms with Gasteiger partial charge in [-0.25, -0.2) is 0 Å². The molecule has 0 bridgehead atoms. The molecule has 0 amide bonds. The van der Waals surface area contributed by atoms with Crippen LogP contribution in [0, 0.1) is 5.41 Å². The SMILES string of the molecule is CC1(C(=O)c2ccccn2)CCCCC1. The van der Waals surface area contributed by atoms with Gasteiger partial charge in [0, 0.05) is 11.6 Å². The summed E-state index contributed by atoms with van der Waals surface area (Å²) in [6.07, 6.45) is 7.35. The Balaban J connectivity index is 2.20. The fourth-order valence-corrected chi connectivity index (χ4v) is 2.37. The quantitative estimate of drug-likeness (QED) is 0.691. The van der Waals surface area contributed by atoms with Gasteiger partial charge in [-0.15, -0.1) is 0 Å². The van der Waals surface area contributed by atoms with Crippen molar-refractivity contribution >= 4 is 5.78 Å². The van der Waals surface area contributed by atoms with E-state index in [0.717, 1.165) is 12.8 Å². The van der Waals surface area contributed by atoms with Crippen molar-refractivity contribution in [2.24, 2.45) is 5.41 Å². The molecule has 0 unspecified atom stereocenters. The number of hydrogen-bond donors (Lipinski definition) is 0. The molecule has 2 rings (SSSR count). The highest BCUT2D eigenvalue weighted by molar-refractivity contribution is 5.98. The molecule has 1 fully saturated rings. The molecule has 0 atom stereocenters. The minimum atomic E-state index is -0.160. The first-order valence-electron chi connectivity index (χ1n) is 5.68. The predicted molar refractivity (Wildman–Crippen MR) is 59.8 cm³/mol.